The average Bonchev–Trinajstić information content (AvgIpc) is 3.32. The summed E-state index contributed by atoms with van der Waals surface area (Å²) >= 11 is 1.30. The Morgan fingerprint density at radius 1 is 0.955 bits per heavy atom. The van der Waals surface area contributed by atoms with E-state index >= 15 is 0 Å². The van der Waals surface area contributed by atoms with E-state index in [1.54, 1.807) is 7.11 Å². The van der Waals surface area contributed by atoms with Gasteiger partial charge >= 0.3 is 23.9 Å². The van der Waals surface area contributed by atoms with Gasteiger partial charge in [0.05, 0.1) is 19.5 Å². The zero-order chi connectivity index (χ0) is 31.5. The molecule has 2 saturated heterocycles. The molecule has 44 heavy (non-hydrogen) atoms. The lowest BCUT2D eigenvalue weighted by molar-refractivity contribution is -0.235. The largest absolute Gasteiger partial charge is 0.493 e. The first-order chi connectivity index (χ1) is 21.0. The maximum atomic E-state index is 13.0. The van der Waals surface area contributed by atoms with Crippen LogP contribution in [0.25, 0.3) is 0 Å². The van der Waals surface area contributed by atoms with Gasteiger partial charge in [0, 0.05) is 43.7 Å². The van der Waals surface area contributed by atoms with Gasteiger partial charge in [0.25, 0.3) is 0 Å². The molecule has 5 aliphatic rings. The molecule has 0 aromatic heterocycles. The summed E-state index contributed by atoms with van der Waals surface area (Å²) in [6.45, 7) is 4.44. The van der Waals surface area contributed by atoms with Crippen LogP contribution in [0.1, 0.15) is 38.3 Å². The number of thioether (sulfide) groups is 1. The van der Waals surface area contributed by atoms with Crippen molar-refractivity contribution in [2.75, 3.05) is 27.8 Å². The molecular formula is C31H37NO11S. The van der Waals surface area contributed by atoms with Gasteiger partial charge in [-0.15, -0.1) is 11.8 Å². The normalized spacial score (nSPS) is 36.4. The van der Waals surface area contributed by atoms with E-state index in [9.17, 15) is 19.2 Å². The first-order valence-electron chi connectivity index (χ1n) is 14.7. The summed E-state index contributed by atoms with van der Waals surface area (Å²) in [6, 6.07) is 4.38. The van der Waals surface area contributed by atoms with Crippen molar-refractivity contribution in [1.82, 2.24) is 4.90 Å². The molecule has 1 spiro atoms. The Kier molecular flexibility index (Phi) is 8.08. The highest BCUT2D eigenvalue weighted by molar-refractivity contribution is 8.00. The lowest BCUT2D eigenvalue weighted by Crippen LogP contribution is -2.65. The van der Waals surface area contributed by atoms with Crippen LogP contribution in [-0.4, -0.2) is 104 Å². The van der Waals surface area contributed by atoms with E-state index in [2.05, 4.69) is 30.2 Å². The fourth-order valence-electron chi connectivity index (χ4n) is 7.83. The number of likely N-dealkylation sites (N-methyl/N-ethyl adjacent to an activating group) is 1. The zero-order valence-electron chi connectivity index (χ0n) is 25.5. The van der Waals surface area contributed by atoms with Gasteiger partial charge in [-0.1, -0.05) is 18.2 Å². The van der Waals surface area contributed by atoms with Crippen molar-refractivity contribution < 1.29 is 52.3 Å². The van der Waals surface area contributed by atoms with Gasteiger partial charge < -0.3 is 38.1 Å². The van der Waals surface area contributed by atoms with Crippen LogP contribution in [0.2, 0.25) is 0 Å². The lowest BCUT2D eigenvalue weighted by Gasteiger charge is -2.57. The SMILES string of the molecule is COC(=O)[C@H]1O[C@@H](SC2C=CC3C4Cc5ccc(OC)c6c5C3(CCN4C)C2O6)[C@H](OC(C)=O)[C@@H](OC(C)=O)[C@@H]1OC(C)=O. The molecule has 0 saturated carbocycles. The van der Waals surface area contributed by atoms with E-state index in [1.807, 2.05) is 6.07 Å². The van der Waals surface area contributed by atoms with Gasteiger partial charge in [-0.2, -0.15) is 0 Å². The van der Waals surface area contributed by atoms with Crippen LogP contribution in [0.3, 0.4) is 0 Å². The predicted octanol–water partition coefficient (Wildman–Crippen LogP) is 1.94. The van der Waals surface area contributed by atoms with Crippen molar-refractivity contribution in [3.63, 3.8) is 0 Å². The van der Waals surface area contributed by atoms with Crippen LogP contribution >= 0.6 is 11.8 Å². The lowest BCUT2D eigenvalue weighted by atomic mass is 9.53. The Morgan fingerprint density at radius 2 is 1.64 bits per heavy atom. The Morgan fingerprint density at radius 3 is 2.30 bits per heavy atom. The summed E-state index contributed by atoms with van der Waals surface area (Å²) in [5.74, 6) is -1.34. The summed E-state index contributed by atoms with van der Waals surface area (Å²) < 4.78 is 40.5. The van der Waals surface area contributed by atoms with Crippen LogP contribution in [0.5, 0.6) is 11.5 Å². The van der Waals surface area contributed by atoms with Crippen molar-refractivity contribution in [3.05, 3.63) is 35.4 Å². The number of methoxy groups -OCH3 is 2. The van der Waals surface area contributed by atoms with Crippen molar-refractivity contribution in [2.45, 2.75) is 86.3 Å². The Hall–Kier alpha value is -3.29. The first kappa shape index (κ1) is 30.7. The van der Waals surface area contributed by atoms with Gasteiger partial charge in [0.1, 0.15) is 11.5 Å². The number of esters is 4. The topological polar surface area (TPSA) is 136 Å². The molecule has 1 aromatic carbocycles. The number of benzene rings is 1. The van der Waals surface area contributed by atoms with Crippen molar-refractivity contribution in [1.29, 1.82) is 0 Å². The molecule has 2 bridgehead atoms. The summed E-state index contributed by atoms with van der Waals surface area (Å²) in [5.41, 5.74) is 1.07. The average molecular weight is 632 g/mol. The molecule has 3 aliphatic heterocycles. The second-order valence-corrected chi connectivity index (χ2v) is 13.2. The monoisotopic (exact) mass is 631 g/mol. The van der Waals surface area contributed by atoms with E-state index in [1.165, 1.54) is 43.8 Å². The van der Waals surface area contributed by atoms with E-state index in [0.29, 0.717) is 11.8 Å². The van der Waals surface area contributed by atoms with Gasteiger partial charge in [0.2, 0.25) is 0 Å². The summed E-state index contributed by atoms with van der Waals surface area (Å²) in [7, 11) is 4.97. The molecule has 1 aromatic rings. The number of carbonyl (C=O) groups is 4. The summed E-state index contributed by atoms with van der Waals surface area (Å²) in [5, 5.41) is -0.331. The van der Waals surface area contributed by atoms with Gasteiger partial charge in [0.15, 0.2) is 35.9 Å². The quantitative estimate of drug-likeness (QED) is 0.247. The molecule has 10 atom stereocenters. The molecular weight excluding hydrogens is 594 g/mol. The van der Waals surface area contributed by atoms with Gasteiger partial charge in [-0.3, -0.25) is 14.4 Å². The maximum absolute atomic E-state index is 13.0. The second-order valence-electron chi connectivity index (χ2n) is 11.9. The highest BCUT2D eigenvalue weighted by atomic mass is 32.2. The molecule has 6 rings (SSSR count). The van der Waals surface area contributed by atoms with E-state index < -0.39 is 53.7 Å². The van der Waals surface area contributed by atoms with Crippen molar-refractivity contribution in [3.8, 4) is 11.5 Å². The number of piperidine rings is 1. The summed E-state index contributed by atoms with van der Waals surface area (Å²) in [6.07, 6.45) is 0.338. The molecule has 12 nitrogen and oxygen atoms in total. The van der Waals surface area contributed by atoms with Crippen LogP contribution in [0.15, 0.2) is 24.3 Å². The number of hydrogen-bond acceptors (Lipinski definition) is 13. The molecule has 0 amide bonds. The Balaban J connectivity index is 1.41. The predicted molar refractivity (Wildman–Crippen MR) is 155 cm³/mol. The molecule has 5 unspecified atom stereocenters. The number of nitrogens with zero attached hydrogens (tertiary/aromatic N) is 1. The third kappa shape index (κ3) is 4.83. The number of carbonyl (C=O) groups excluding carboxylic acids is 4. The number of ether oxygens (including phenoxy) is 7. The number of hydrogen-bond donors (Lipinski definition) is 0. The molecule has 0 radical (unpaired) electrons. The molecule has 13 heteroatoms. The number of likely N-dealkylation sites (tertiary alicyclic amines) is 1. The van der Waals surface area contributed by atoms with Gasteiger partial charge in [-0.05, 0) is 38.1 Å². The van der Waals surface area contributed by atoms with Crippen LogP contribution in [0.4, 0.5) is 0 Å². The number of rotatable bonds is 7. The minimum Gasteiger partial charge on any atom is -0.493 e. The van der Waals surface area contributed by atoms with Crippen molar-refractivity contribution >= 4 is 35.6 Å². The molecule has 2 aliphatic carbocycles. The van der Waals surface area contributed by atoms with Gasteiger partial charge in [-0.25, -0.2) is 4.79 Å². The Bertz CT molecular complexity index is 1400. The molecule has 0 N–H and O–H groups in total. The minimum absolute atomic E-state index is 0.199. The molecule has 2 fully saturated rings. The smallest absolute Gasteiger partial charge is 0.339 e. The third-order valence-corrected chi connectivity index (χ3v) is 10.8. The first-order valence-corrected chi connectivity index (χ1v) is 15.6. The van der Waals surface area contributed by atoms with Crippen LogP contribution in [-0.2, 0) is 54.7 Å². The summed E-state index contributed by atoms with van der Waals surface area (Å²) in [4.78, 5) is 52.1. The Labute approximate surface area is 259 Å². The third-order valence-electron chi connectivity index (χ3n) is 9.46. The highest BCUT2D eigenvalue weighted by Crippen LogP contribution is 2.63. The maximum Gasteiger partial charge on any atom is 0.339 e. The van der Waals surface area contributed by atoms with E-state index in [-0.39, 0.29) is 22.7 Å². The van der Waals surface area contributed by atoms with Crippen LogP contribution in [0, 0.1) is 5.92 Å². The molecule has 238 valence electrons. The van der Waals surface area contributed by atoms with E-state index in [4.69, 9.17) is 33.2 Å². The fraction of sp³-hybridized carbons (Fsp3) is 0.613. The minimum atomic E-state index is -1.45. The zero-order valence-corrected chi connectivity index (χ0v) is 26.3. The fourth-order valence-corrected chi connectivity index (χ4v) is 9.31. The standard InChI is InChI=1S/C31H37NO11S/c1-14(33)39-24-25(40-15(2)34)27(41-16(3)35)30(43-26(24)29(36)38-6)44-21-10-8-18-19-13-17-7-9-20(37-5)23-22(17)31(18,28(21)42-23)11-12-32(19)4/h7-10,18-19,21,24-28,30H,11-13H2,1-6H3/t18?,19?,21?,24-,25-,26-,27+,28?,30-,31?/m0/s1. The van der Waals surface area contributed by atoms with E-state index in [0.717, 1.165) is 32.1 Å². The van der Waals surface area contributed by atoms with Crippen LogP contribution < -0.4 is 9.47 Å². The molecule has 3 heterocycles. The highest BCUT2D eigenvalue weighted by Gasteiger charge is 2.65. The second kappa shape index (κ2) is 11.6. The van der Waals surface area contributed by atoms with Crippen molar-refractivity contribution in [2.24, 2.45) is 5.92 Å².